The topological polar surface area (TPSA) is 35.5 Å². The number of hydrogen-bond acceptors (Lipinski definition) is 3. The van der Waals surface area contributed by atoms with Crippen LogP contribution in [0, 0.1) is 5.41 Å². The molecule has 0 aromatic carbocycles. The second-order valence-electron chi connectivity index (χ2n) is 6.38. The van der Waals surface area contributed by atoms with Crippen molar-refractivity contribution in [3.8, 4) is 0 Å². The van der Waals surface area contributed by atoms with E-state index in [1.165, 1.54) is 30.4 Å². The molecule has 0 aromatic heterocycles. The third kappa shape index (κ3) is 3.87. The van der Waals surface area contributed by atoms with E-state index in [9.17, 15) is 4.79 Å². The van der Waals surface area contributed by atoms with Gasteiger partial charge < -0.3 is 9.47 Å². The first kappa shape index (κ1) is 15.6. The van der Waals surface area contributed by atoms with Crippen molar-refractivity contribution in [1.82, 2.24) is 0 Å². The second kappa shape index (κ2) is 6.33. The van der Waals surface area contributed by atoms with Crippen LogP contribution in [0.2, 0.25) is 0 Å². The van der Waals surface area contributed by atoms with Crippen molar-refractivity contribution in [2.24, 2.45) is 5.41 Å². The number of cyclic esters (lactones) is 1. The summed E-state index contributed by atoms with van der Waals surface area (Å²) in [5.41, 5.74) is 3.73. The molecule has 114 valence electrons. The highest BCUT2D eigenvalue weighted by molar-refractivity contribution is 5.89. The van der Waals surface area contributed by atoms with Gasteiger partial charge in [0.25, 0.3) is 6.29 Å². The number of allylic oxidation sites excluding steroid dienone is 5. The monoisotopic (exact) mass is 288 g/mol. The van der Waals surface area contributed by atoms with Crippen molar-refractivity contribution < 1.29 is 14.3 Å². The summed E-state index contributed by atoms with van der Waals surface area (Å²) in [6.07, 6.45) is 12.3. The van der Waals surface area contributed by atoms with Gasteiger partial charge in [-0.05, 0) is 50.2 Å². The first-order valence-electron chi connectivity index (χ1n) is 7.48. The molecule has 1 aliphatic carbocycles. The van der Waals surface area contributed by atoms with E-state index in [0.29, 0.717) is 5.57 Å². The molecule has 21 heavy (non-hydrogen) atoms. The van der Waals surface area contributed by atoms with Gasteiger partial charge in [-0.25, -0.2) is 4.79 Å². The second-order valence-corrected chi connectivity index (χ2v) is 6.38. The average Bonchev–Trinajstić information content (AvgIpc) is 2.71. The lowest BCUT2D eigenvalue weighted by molar-refractivity contribution is -0.152. The van der Waals surface area contributed by atoms with E-state index in [1.807, 2.05) is 12.2 Å². The highest BCUT2D eigenvalue weighted by atomic mass is 16.7. The molecule has 2 rings (SSSR count). The Morgan fingerprint density at radius 3 is 2.71 bits per heavy atom. The third-order valence-electron chi connectivity index (χ3n) is 4.14. The van der Waals surface area contributed by atoms with Gasteiger partial charge in [-0.1, -0.05) is 31.6 Å². The summed E-state index contributed by atoms with van der Waals surface area (Å²) >= 11 is 0. The molecule has 0 saturated heterocycles. The predicted molar refractivity (Wildman–Crippen MR) is 83.3 cm³/mol. The Bertz CT molecular complexity index is 533. The molecular weight excluding hydrogens is 264 g/mol. The molecule has 0 N–H and O–H groups in total. The van der Waals surface area contributed by atoms with Gasteiger partial charge in [0.05, 0.1) is 6.26 Å². The van der Waals surface area contributed by atoms with Crippen molar-refractivity contribution in [3.63, 3.8) is 0 Å². The molecule has 0 bridgehead atoms. The van der Waals surface area contributed by atoms with Crippen molar-refractivity contribution >= 4 is 5.97 Å². The van der Waals surface area contributed by atoms with Crippen LogP contribution >= 0.6 is 0 Å². The molecule has 0 aromatic rings. The quantitative estimate of drug-likeness (QED) is 0.436. The zero-order valence-corrected chi connectivity index (χ0v) is 13.3. The summed E-state index contributed by atoms with van der Waals surface area (Å²) in [4.78, 5) is 11.2. The summed E-state index contributed by atoms with van der Waals surface area (Å²) < 4.78 is 10.3. The van der Waals surface area contributed by atoms with Crippen LogP contribution in [0.15, 0.2) is 47.3 Å². The normalized spacial score (nSPS) is 25.6. The van der Waals surface area contributed by atoms with Crippen molar-refractivity contribution in [1.29, 1.82) is 0 Å². The molecule has 0 unspecified atom stereocenters. The lowest BCUT2D eigenvalue weighted by Gasteiger charge is -2.32. The van der Waals surface area contributed by atoms with Crippen molar-refractivity contribution in [2.75, 3.05) is 0 Å². The Hall–Kier alpha value is -1.77. The van der Waals surface area contributed by atoms with Gasteiger partial charge in [0, 0.05) is 11.6 Å². The van der Waals surface area contributed by atoms with E-state index >= 15 is 0 Å². The maximum absolute atomic E-state index is 11.2. The Morgan fingerprint density at radius 1 is 1.33 bits per heavy atom. The molecule has 3 nitrogen and oxygen atoms in total. The number of esters is 1. The fourth-order valence-corrected chi connectivity index (χ4v) is 2.90. The zero-order chi connectivity index (χ0) is 15.5. The number of ether oxygens (including phenoxy) is 2. The summed E-state index contributed by atoms with van der Waals surface area (Å²) in [5, 5.41) is 0. The van der Waals surface area contributed by atoms with E-state index in [0.717, 1.165) is 0 Å². The highest BCUT2D eigenvalue weighted by Gasteiger charge is 2.26. The fourth-order valence-electron chi connectivity index (χ4n) is 2.90. The van der Waals surface area contributed by atoms with Gasteiger partial charge >= 0.3 is 5.97 Å². The minimum Gasteiger partial charge on any atom is -0.459 e. The molecule has 1 atom stereocenters. The van der Waals surface area contributed by atoms with Gasteiger partial charge in [0.2, 0.25) is 0 Å². The van der Waals surface area contributed by atoms with E-state index in [1.54, 1.807) is 19.3 Å². The maximum atomic E-state index is 11.2. The summed E-state index contributed by atoms with van der Waals surface area (Å²) in [7, 11) is 0. The number of carbonyl (C=O) groups excluding carboxylic acids is 1. The molecule has 0 saturated carbocycles. The minimum absolute atomic E-state index is 0.244. The van der Waals surface area contributed by atoms with E-state index in [4.69, 9.17) is 9.47 Å². The van der Waals surface area contributed by atoms with Gasteiger partial charge in [-0.15, -0.1) is 0 Å². The molecular formula is C18H24O3. The smallest absolute Gasteiger partial charge is 0.336 e. The van der Waals surface area contributed by atoms with Gasteiger partial charge in [-0.3, -0.25) is 0 Å². The molecule has 0 fully saturated rings. The SMILES string of the molecule is CC1=C[C@H](O/C=C/C=C/C2=C(C)CCCC2(C)C)OC1=O. The van der Waals surface area contributed by atoms with Crippen LogP contribution in [0.4, 0.5) is 0 Å². The lowest BCUT2D eigenvalue weighted by atomic mass is 9.73. The largest absolute Gasteiger partial charge is 0.459 e. The van der Waals surface area contributed by atoms with Crippen LogP contribution in [-0.4, -0.2) is 12.3 Å². The average molecular weight is 288 g/mol. The van der Waals surface area contributed by atoms with Crippen LogP contribution in [0.25, 0.3) is 0 Å². The molecule has 0 amide bonds. The molecule has 1 heterocycles. The molecule has 1 aliphatic heterocycles. The van der Waals surface area contributed by atoms with Crippen LogP contribution in [0.1, 0.15) is 47.0 Å². The number of hydrogen-bond donors (Lipinski definition) is 0. The van der Waals surface area contributed by atoms with E-state index < -0.39 is 6.29 Å². The van der Waals surface area contributed by atoms with Crippen molar-refractivity contribution in [3.05, 3.63) is 47.3 Å². The standard InChI is InChI=1S/C18H24O3/c1-13-8-7-10-18(3,4)15(13)9-5-6-11-20-16-12-14(2)17(19)21-16/h5-6,9,11-12,16H,7-8,10H2,1-4H3/b9-5+,11-6+/t16-/m1/s1. The summed E-state index contributed by atoms with van der Waals surface area (Å²) in [6.45, 7) is 8.52. The van der Waals surface area contributed by atoms with E-state index in [-0.39, 0.29) is 11.4 Å². The Balaban J connectivity index is 1.90. The minimum atomic E-state index is -0.589. The molecule has 2 aliphatic rings. The van der Waals surface area contributed by atoms with Crippen LogP contribution in [-0.2, 0) is 14.3 Å². The first-order valence-corrected chi connectivity index (χ1v) is 7.48. The lowest BCUT2D eigenvalue weighted by Crippen LogP contribution is -2.18. The van der Waals surface area contributed by atoms with E-state index in [2.05, 4.69) is 26.8 Å². The summed E-state index contributed by atoms with van der Waals surface area (Å²) in [5.74, 6) is -0.311. The first-order chi connectivity index (χ1) is 9.90. The highest BCUT2D eigenvalue weighted by Crippen LogP contribution is 2.40. The predicted octanol–water partition coefficient (Wildman–Crippen LogP) is 4.43. The molecule has 3 heteroatoms. The Labute approximate surface area is 127 Å². The Kier molecular flexibility index (Phi) is 4.71. The van der Waals surface area contributed by atoms with Crippen molar-refractivity contribution in [2.45, 2.75) is 53.2 Å². The van der Waals surface area contributed by atoms with Crippen LogP contribution in [0.3, 0.4) is 0 Å². The molecule has 0 spiro atoms. The Morgan fingerprint density at radius 2 is 2.10 bits per heavy atom. The summed E-state index contributed by atoms with van der Waals surface area (Å²) in [6, 6.07) is 0. The van der Waals surface area contributed by atoms with Gasteiger partial charge in [-0.2, -0.15) is 0 Å². The van der Waals surface area contributed by atoms with Gasteiger partial charge in [0.15, 0.2) is 0 Å². The van der Waals surface area contributed by atoms with Crippen LogP contribution in [0.5, 0.6) is 0 Å². The third-order valence-corrected chi connectivity index (χ3v) is 4.14. The maximum Gasteiger partial charge on any atom is 0.336 e. The fraction of sp³-hybridized carbons (Fsp3) is 0.500. The number of rotatable bonds is 4. The van der Waals surface area contributed by atoms with Crippen LogP contribution < -0.4 is 0 Å². The zero-order valence-electron chi connectivity index (χ0n) is 13.3. The number of carbonyl (C=O) groups is 1. The van der Waals surface area contributed by atoms with Gasteiger partial charge in [0.1, 0.15) is 0 Å². The molecule has 0 radical (unpaired) electrons.